The van der Waals surface area contributed by atoms with E-state index in [0.717, 1.165) is 17.7 Å². The van der Waals surface area contributed by atoms with E-state index in [9.17, 15) is 0 Å². The summed E-state index contributed by atoms with van der Waals surface area (Å²) in [5.41, 5.74) is 7.29. The maximum atomic E-state index is 6.23. The van der Waals surface area contributed by atoms with E-state index in [4.69, 9.17) is 15.5 Å². The molecule has 3 nitrogen and oxygen atoms in total. The van der Waals surface area contributed by atoms with Gasteiger partial charge in [0.25, 0.3) is 0 Å². The minimum absolute atomic E-state index is 0.279. The average Bonchev–Trinajstić information content (AvgIpc) is 2.81. The lowest BCUT2D eigenvalue weighted by Gasteiger charge is -2.26. The minimum Gasteiger partial charge on any atom is -0.497 e. The van der Waals surface area contributed by atoms with E-state index in [1.807, 2.05) is 12.1 Å². The quantitative estimate of drug-likeness (QED) is 0.903. The van der Waals surface area contributed by atoms with Crippen molar-refractivity contribution in [2.24, 2.45) is 5.73 Å². The van der Waals surface area contributed by atoms with E-state index >= 15 is 0 Å². The Morgan fingerprint density at radius 2 is 2.17 bits per heavy atom. The van der Waals surface area contributed by atoms with Crippen molar-refractivity contribution in [3.63, 3.8) is 0 Å². The van der Waals surface area contributed by atoms with Gasteiger partial charge in [-0.05, 0) is 31.0 Å². The molecule has 96 valence electrons. The monoisotopic (exact) mass is 262 g/mol. The first-order valence-electron chi connectivity index (χ1n) is 6.48. The highest BCUT2D eigenvalue weighted by molar-refractivity contribution is 7.18. The summed E-state index contributed by atoms with van der Waals surface area (Å²) >= 11 is 1.77. The molecule has 1 aromatic carbocycles. The van der Waals surface area contributed by atoms with Crippen LogP contribution in [0.15, 0.2) is 18.2 Å². The zero-order valence-corrected chi connectivity index (χ0v) is 11.4. The van der Waals surface area contributed by atoms with Crippen LogP contribution in [-0.2, 0) is 0 Å². The van der Waals surface area contributed by atoms with Gasteiger partial charge >= 0.3 is 0 Å². The lowest BCUT2D eigenvalue weighted by Crippen LogP contribution is -2.31. The van der Waals surface area contributed by atoms with Gasteiger partial charge in [0.1, 0.15) is 5.75 Å². The second-order valence-corrected chi connectivity index (χ2v) is 6.00. The highest BCUT2D eigenvalue weighted by Gasteiger charge is 2.26. The van der Waals surface area contributed by atoms with Crippen molar-refractivity contribution in [3.8, 4) is 5.75 Å². The summed E-state index contributed by atoms with van der Waals surface area (Å²) in [6.07, 6.45) is 4.84. The van der Waals surface area contributed by atoms with Gasteiger partial charge in [0.2, 0.25) is 0 Å². The van der Waals surface area contributed by atoms with Crippen molar-refractivity contribution in [2.45, 2.75) is 37.6 Å². The molecule has 1 fully saturated rings. The number of rotatable bonds is 2. The summed E-state index contributed by atoms with van der Waals surface area (Å²) in [6, 6.07) is 6.33. The second-order valence-electron chi connectivity index (χ2n) is 4.94. The van der Waals surface area contributed by atoms with E-state index in [2.05, 4.69) is 6.07 Å². The van der Waals surface area contributed by atoms with E-state index in [0.29, 0.717) is 5.92 Å². The predicted octanol–water partition coefficient (Wildman–Crippen LogP) is 3.29. The van der Waals surface area contributed by atoms with Gasteiger partial charge in [-0.3, -0.25) is 0 Å². The number of fused-ring (bicyclic) bond motifs is 1. The molecule has 4 heteroatoms. The summed E-state index contributed by atoms with van der Waals surface area (Å²) in [5.74, 6) is 1.34. The molecule has 1 heterocycles. The first-order chi connectivity index (χ1) is 8.78. The summed E-state index contributed by atoms with van der Waals surface area (Å²) in [6.45, 7) is 0. The zero-order valence-electron chi connectivity index (χ0n) is 10.6. The minimum atomic E-state index is 0.279. The van der Waals surface area contributed by atoms with E-state index < -0.39 is 0 Å². The van der Waals surface area contributed by atoms with Gasteiger partial charge in [-0.2, -0.15) is 0 Å². The highest BCUT2D eigenvalue weighted by Crippen LogP contribution is 2.37. The molecule has 0 amide bonds. The molecule has 2 N–H and O–H groups in total. The van der Waals surface area contributed by atoms with Crippen LogP contribution in [-0.4, -0.2) is 18.1 Å². The van der Waals surface area contributed by atoms with Crippen molar-refractivity contribution < 1.29 is 4.74 Å². The first-order valence-corrected chi connectivity index (χ1v) is 7.29. The van der Waals surface area contributed by atoms with Gasteiger partial charge in [0, 0.05) is 12.0 Å². The van der Waals surface area contributed by atoms with Crippen molar-refractivity contribution in [3.05, 3.63) is 23.2 Å². The molecule has 1 aromatic heterocycles. The van der Waals surface area contributed by atoms with Gasteiger partial charge < -0.3 is 10.5 Å². The number of benzene rings is 1. The Hall–Kier alpha value is -1.13. The molecule has 1 aliphatic carbocycles. The van der Waals surface area contributed by atoms with Crippen molar-refractivity contribution in [2.75, 3.05) is 7.11 Å². The molecular formula is C14H18N2OS. The van der Waals surface area contributed by atoms with Crippen LogP contribution in [0.1, 0.15) is 36.6 Å². The Bertz CT molecular complexity index is 552. The molecule has 2 atom stereocenters. The van der Waals surface area contributed by atoms with Crippen molar-refractivity contribution in [1.82, 2.24) is 4.98 Å². The maximum Gasteiger partial charge on any atom is 0.120 e. The van der Waals surface area contributed by atoms with Crippen LogP contribution in [0.2, 0.25) is 0 Å². The fourth-order valence-electron chi connectivity index (χ4n) is 2.67. The average molecular weight is 262 g/mol. The fourth-order valence-corrected chi connectivity index (χ4v) is 3.88. The normalized spacial score (nSPS) is 24.3. The maximum absolute atomic E-state index is 6.23. The summed E-state index contributed by atoms with van der Waals surface area (Å²) in [7, 11) is 1.69. The third-order valence-electron chi connectivity index (χ3n) is 3.75. The molecule has 0 spiro atoms. The van der Waals surface area contributed by atoms with Crippen LogP contribution >= 0.6 is 11.3 Å². The van der Waals surface area contributed by atoms with Crippen LogP contribution < -0.4 is 10.5 Å². The number of aromatic nitrogens is 1. The largest absolute Gasteiger partial charge is 0.497 e. The summed E-state index contributed by atoms with van der Waals surface area (Å²) in [4.78, 5) is 4.75. The zero-order chi connectivity index (χ0) is 12.5. The van der Waals surface area contributed by atoms with Crippen LogP contribution in [0.4, 0.5) is 0 Å². The molecule has 0 aliphatic heterocycles. The SMILES string of the molecule is COc1ccc2nc(C3CCCCC3N)sc2c1. The molecular weight excluding hydrogens is 244 g/mol. The molecule has 0 radical (unpaired) electrons. The molecule has 3 rings (SSSR count). The standard InChI is InChI=1S/C14H18N2OS/c1-17-9-6-7-12-13(8-9)18-14(16-12)10-4-2-3-5-11(10)15/h6-8,10-11H,2-5,15H2,1H3. The Labute approximate surface area is 111 Å². The highest BCUT2D eigenvalue weighted by atomic mass is 32.1. The summed E-state index contributed by atoms with van der Waals surface area (Å²) < 4.78 is 6.45. The number of hydrogen-bond acceptors (Lipinski definition) is 4. The van der Waals surface area contributed by atoms with Crippen LogP contribution in [0.25, 0.3) is 10.2 Å². The molecule has 2 aromatic rings. The van der Waals surface area contributed by atoms with Crippen molar-refractivity contribution >= 4 is 21.6 Å². The number of thiazole rings is 1. The third-order valence-corrected chi connectivity index (χ3v) is 4.90. The van der Waals surface area contributed by atoms with Crippen LogP contribution in [0, 0.1) is 0 Å². The van der Waals surface area contributed by atoms with Gasteiger partial charge in [-0.1, -0.05) is 12.8 Å². The van der Waals surface area contributed by atoms with Gasteiger partial charge in [-0.15, -0.1) is 11.3 Å². The Morgan fingerprint density at radius 3 is 2.94 bits per heavy atom. The lowest BCUT2D eigenvalue weighted by molar-refractivity contribution is 0.385. The Morgan fingerprint density at radius 1 is 1.33 bits per heavy atom. The first kappa shape index (κ1) is 11.9. The fraction of sp³-hybridized carbons (Fsp3) is 0.500. The number of ether oxygens (including phenoxy) is 1. The number of hydrogen-bond donors (Lipinski definition) is 1. The number of nitrogens with two attached hydrogens (primary N) is 1. The molecule has 0 saturated heterocycles. The summed E-state index contributed by atoms with van der Waals surface area (Å²) in [5, 5.41) is 1.20. The molecule has 0 bridgehead atoms. The Balaban J connectivity index is 1.97. The molecule has 2 unspecified atom stereocenters. The van der Waals surface area contributed by atoms with E-state index in [1.165, 1.54) is 29.0 Å². The second kappa shape index (κ2) is 4.86. The Kier molecular flexibility index (Phi) is 3.22. The van der Waals surface area contributed by atoms with Crippen LogP contribution in [0.3, 0.4) is 0 Å². The number of nitrogens with zero attached hydrogens (tertiary/aromatic N) is 1. The molecule has 1 saturated carbocycles. The van der Waals surface area contributed by atoms with Crippen molar-refractivity contribution in [1.29, 1.82) is 0 Å². The third kappa shape index (κ3) is 2.10. The molecule has 1 aliphatic rings. The topological polar surface area (TPSA) is 48.1 Å². The van der Waals surface area contributed by atoms with E-state index in [-0.39, 0.29) is 6.04 Å². The van der Waals surface area contributed by atoms with Gasteiger partial charge in [0.05, 0.1) is 22.3 Å². The van der Waals surface area contributed by atoms with E-state index in [1.54, 1.807) is 18.4 Å². The number of methoxy groups -OCH3 is 1. The van der Waals surface area contributed by atoms with Gasteiger partial charge in [-0.25, -0.2) is 4.98 Å². The molecule has 18 heavy (non-hydrogen) atoms. The van der Waals surface area contributed by atoms with Gasteiger partial charge in [0.15, 0.2) is 0 Å². The lowest BCUT2D eigenvalue weighted by atomic mass is 9.85. The van der Waals surface area contributed by atoms with Crippen LogP contribution in [0.5, 0.6) is 5.75 Å². The predicted molar refractivity (Wildman–Crippen MR) is 75.4 cm³/mol. The smallest absolute Gasteiger partial charge is 0.120 e.